The molecule has 0 aromatic heterocycles. The van der Waals surface area contributed by atoms with Crippen LogP contribution in [0.5, 0.6) is 0 Å². The Kier molecular flexibility index (Phi) is 5.41. The van der Waals surface area contributed by atoms with Crippen molar-refractivity contribution in [1.82, 2.24) is 4.90 Å². The maximum atomic E-state index is 13.4. The molecule has 1 aromatic carbocycles. The average Bonchev–Trinajstić information content (AvgIpc) is 2.35. The van der Waals surface area contributed by atoms with Gasteiger partial charge in [0.05, 0.1) is 5.56 Å². The van der Waals surface area contributed by atoms with Crippen LogP contribution in [-0.4, -0.2) is 34.0 Å². The van der Waals surface area contributed by atoms with Crippen LogP contribution in [0.25, 0.3) is 0 Å². The molecule has 1 N–H and O–H groups in total. The third-order valence-corrected chi connectivity index (χ3v) is 3.06. The molecule has 116 valence electrons. The SMILES string of the molecule is CC(C)(C)N(CCCC(=O)c1cc(F)ccc1F)C(=O)O. The molecule has 0 atom stereocenters. The molecule has 0 heterocycles. The van der Waals surface area contributed by atoms with Gasteiger partial charge in [-0.3, -0.25) is 4.79 Å². The van der Waals surface area contributed by atoms with E-state index in [-0.39, 0.29) is 24.9 Å². The number of benzene rings is 1. The third-order valence-electron chi connectivity index (χ3n) is 3.06. The number of halogens is 2. The first-order chi connectivity index (χ1) is 9.62. The quantitative estimate of drug-likeness (QED) is 0.843. The lowest BCUT2D eigenvalue weighted by atomic mass is 10.0. The molecule has 0 unspecified atom stereocenters. The molecule has 6 heteroatoms. The number of carbonyl (C=O) groups excluding carboxylic acids is 1. The minimum Gasteiger partial charge on any atom is -0.465 e. The van der Waals surface area contributed by atoms with Gasteiger partial charge in [0, 0.05) is 18.5 Å². The highest BCUT2D eigenvalue weighted by molar-refractivity contribution is 5.96. The largest absolute Gasteiger partial charge is 0.465 e. The van der Waals surface area contributed by atoms with E-state index in [1.54, 1.807) is 20.8 Å². The van der Waals surface area contributed by atoms with E-state index < -0.39 is 29.0 Å². The van der Waals surface area contributed by atoms with Crippen molar-refractivity contribution < 1.29 is 23.5 Å². The van der Waals surface area contributed by atoms with E-state index in [0.29, 0.717) is 0 Å². The van der Waals surface area contributed by atoms with Gasteiger partial charge >= 0.3 is 6.09 Å². The van der Waals surface area contributed by atoms with Crippen LogP contribution in [0.1, 0.15) is 44.0 Å². The number of rotatable bonds is 5. The summed E-state index contributed by atoms with van der Waals surface area (Å²) in [4.78, 5) is 24.2. The van der Waals surface area contributed by atoms with E-state index in [1.165, 1.54) is 4.90 Å². The van der Waals surface area contributed by atoms with Crippen molar-refractivity contribution >= 4 is 11.9 Å². The molecular formula is C15H19F2NO3. The summed E-state index contributed by atoms with van der Waals surface area (Å²) >= 11 is 0. The van der Waals surface area contributed by atoms with Gasteiger partial charge in [0.2, 0.25) is 0 Å². The van der Waals surface area contributed by atoms with Gasteiger partial charge in [-0.15, -0.1) is 0 Å². The van der Waals surface area contributed by atoms with Gasteiger partial charge in [0.15, 0.2) is 5.78 Å². The summed E-state index contributed by atoms with van der Waals surface area (Å²) in [6, 6.07) is 2.70. The second-order valence-electron chi connectivity index (χ2n) is 5.76. The molecule has 0 saturated heterocycles. The van der Waals surface area contributed by atoms with Crippen molar-refractivity contribution in [2.45, 2.75) is 39.2 Å². The highest BCUT2D eigenvalue weighted by atomic mass is 19.1. The van der Waals surface area contributed by atoms with E-state index in [2.05, 4.69) is 0 Å². The van der Waals surface area contributed by atoms with Crippen LogP contribution in [-0.2, 0) is 0 Å². The molecule has 21 heavy (non-hydrogen) atoms. The maximum absolute atomic E-state index is 13.4. The van der Waals surface area contributed by atoms with Crippen molar-refractivity contribution in [3.8, 4) is 0 Å². The molecular weight excluding hydrogens is 280 g/mol. The van der Waals surface area contributed by atoms with Crippen LogP contribution < -0.4 is 0 Å². The van der Waals surface area contributed by atoms with Crippen LogP contribution in [0, 0.1) is 11.6 Å². The van der Waals surface area contributed by atoms with Gasteiger partial charge in [-0.1, -0.05) is 0 Å². The lowest BCUT2D eigenvalue weighted by molar-refractivity contribution is 0.0902. The molecule has 0 saturated carbocycles. The molecule has 1 amide bonds. The number of hydrogen-bond donors (Lipinski definition) is 1. The van der Waals surface area contributed by atoms with E-state index in [1.807, 2.05) is 0 Å². The van der Waals surface area contributed by atoms with Gasteiger partial charge in [-0.05, 0) is 45.4 Å². The minimum atomic E-state index is -1.08. The molecule has 0 aliphatic carbocycles. The zero-order valence-electron chi connectivity index (χ0n) is 12.3. The number of carbonyl (C=O) groups is 2. The molecule has 0 bridgehead atoms. The van der Waals surface area contributed by atoms with Gasteiger partial charge in [0.25, 0.3) is 0 Å². The van der Waals surface area contributed by atoms with Crippen molar-refractivity contribution in [3.05, 3.63) is 35.4 Å². The molecule has 0 fully saturated rings. The molecule has 0 radical (unpaired) electrons. The minimum absolute atomic E-state index is 0.0414. The molecule has 1 rings (SSSR count). The summed E-state index contributed by atoms with van der Waals surface area (Å²) in [5.74, 6) is -1.99. The van der Waals surface area contributed by atoms with E-state index in [0.717, 1.165) is 18.2 Å². The van der Waals surface area contributed by atoms with Crippen LogP contribution >= 0.6 is 0 Å². The van der Waals surface area contributed by atoms with E-state index in [4.69, 9.17) is 5.11 Å². The monoisotopic (exact) mass is 299 g/mol. The first-order valence-electron chi connectivity index (χ1n) is 6.61. The third kappa shape index (κ3) is 4.81. The summed E-state index contributed by atoms with van der Waals surface area (Å²) in [6.07, 6.45) is -0.870. The Bertz CT molecular complexity index is 538. The number of amides is 1. The van der Waals surface area contributed by atoms with Crippen LogP contribution in [0.15, 0.2) is 18.2 Å². The number of carboxylic acid groups (broad SMARTS) is 1. The van der Waals surface area contributed by atoms with Crippen molar-refractivity contribution in [2.75, 3.05) is 6.54 Å². The Labute approximate surface area is 122 Å². The predicted octanol–water partition coefficient (Wildman–Crippen LogP) is 3.71. The molecule has 0 aliphatic rings. The van der Waals surface area contributed by atoms with Gasteiger partial charge < -0.3 is 10.0 Å². The highest BCUT2D eigenvalue weighted by Crippen LogP contribution is 2.16. The maximum Gasteiger partial charge on any atom is 0.407 e. The Hall–Kier alpha value is -1.98. The van der Waals surface area contributed by atoms with Crippen LogP contribution in [0.2, 0.25) is 0 Å². The summed E-state index contributed by atoms with van der Waals surface area (Å²) in [5, 5.41) is 9.10. The van der Waals surface area contributed by atoms with Gasteiger partial charge in [0.1, 0.15) is 11.6 Å². The number of nitrogens with zero attached hydrogens (tertiary/aromatic N) is 1. The van der Waals surface area contributed by atoms with E-state index >= 15 is 0 Å². The Morgan fingerprint density at radius 3 is 2.38 bits per heavy atom. The van der Waals surface area contributed by atoms with Crippen molar-refractivity contribution in [3.63, 3.8) is 0 Å². The topological polar surface area (TPSA) is 57.6 Å². The second kappa shape index (κ2) is 6.65. The average molecular weight is 299 g/mol. The lowest BCUT2D eigenvalue weighted by Gasteiger charge is -2.33. The smallest absolute Gasteiger partial charge is 0.407 e. The summed E-state index contributed by atoms with van der Waals surface area (Å²) in [7, 11) is 0. The first kappa shape index (κ1) is 17.1. The van der Waals surface area contributed by atoms with Gasteiger partial charge in [-0.25, -0.2) is 13.6 Å². The fraction of sp³-hybridized carbons (Fsp3) is 0.467. The highest BCUT2D eigenvalue weighted by Gasteiger charge is 2.25. The Balaban J connectivity index is 2.65. The Morgan fingerprint density at radius 2 is 1.86 bits per heavy atom. The number of Topliss-reactive ketones (excluding diaryl/α,β-unsaturated/α-hetero) is 1. The summed E-state index contributed by atoms with van der Waals surface area (Å²) < 4.78 is 26.4. The molecule has 4 nitrogen and oxygen atoms in total. The second-order valence-corrected chi connectivity index (χ2v) is 5.76. The first-order valence-corrected chi connectivity index (χ1v) is 6.61. The number of hydrogen-bond acceptors (Lipinski definition) is 2. The van der Waals surface area contributed by atoms with Crippen molar-refractivity contribution in [1.29, 1.82) is 0 Å². The van der Waals surface area contributed by atoms with Crippen LogP contribution in [0.3, 0.4) is 0 Å². The van der Waals surface area contributed by atoms with Crippen LogP contribution in [0.4, 0.5) is 13.6 Å². The van der Waals surface area contributed by atoms with Crippen molar-refractivity contribution in [2.24, 2.45) is 0 Å². The number of ketones is 1. The standard InChI is InChI=1S/C15H19F2NO3/c1-15(2,3)18(14(20)21)8-4-5-13(19)11-9-10(16)6-7-12(11)17/h6-7,9H,4-5,8H2,1-3H3,(H,20,21). The molecule has 0 aliphatic heterocycles. The summed E-state index contributed by atoms with van der Waals surface area (Å²) in [5.41, 5.74) is -0.883. The zero-order chi connectivity index (χ0) is 16.2. The summed E-state index contributed by atoms with van der Waals surface area (Å²) in [6.45, 7) is 5.39. The fourth-order valence-corrected chi connectivity index (χ4v) is 1.96. The molecule has 0 spiro atoms. The van der Waals surface area contributed by atoms with E-state index in [9.17, 15) is 18.4 Å². The van der Waals surface area contributed by atoms with Gasteiger partial charge in [-0.2, -0.15) is 0 Å². The fourth-order valence-electron chi connectivity index (χ4n) is 1.96. The zero-order valence-corrected chi connectivity index (χ0v) is 12.3. The normalized spacial score (nSPS) is 11.3. The predicted molar refractivity (Wildman–Crippen MR) is 74.4 cm³/mol. The Morgan fingerprint density at radius 1 is 1.24 bits per heavy atom. The molecule has 1 aromatic rings. The lowest BCUT2D eigenvalue weighted by Crippen LogP contribution is -2.45.